The molecule has 0 amide bonds. The van der Waals surface area contributed by atoms with Gasteiger partial charge in [-0.2, -0.15) is 15.2 Å². The van der Waals surface area contributed by atoms with Gasteiger partial charge in [-0.3, -0.25) is 9.36 Å². The van der Waals surface area contributed by atoms with Gasteiger partial charge in [0.05, 0.1) is 32.8 Å². The van der Waals surface area contributed by atoms with Crippen LogP contribution in [0.2, 0.25) is 10.0 Å². The minimum atomic E-state index is -0.407. The molecule has 13 heteroatoms. The molecule has 172 valence electrons. The van der Waals surface area contributed by atoms with Gasteiger partial charge >= 0.3 is 0 Å². The Bertz CT molecular complexity index is 1540. The monoisotopic (exact) mass is 496 g/mol. The number of aryl methyl sites for hydroxylation is 1. The highest BCUT2D eigenvalue weighted by molar-refractivity contribution is 6.39. The number of nitrogens with two attached hydrogens (primary N) is 3. The van der Waals surface area contributed by atoms with E-state index in [-0.39, 0.29) is 57.1 Å². The smallest absolute Gasteiger partial charge is 0.267 e. The molecule has 3 aromatic heterocycles. The van der Waals surface area contributed by atoms with Crippen LogP contribution in [0.5, 0.6) is 0 Å². The minimum Gasteiger partial charge on any atom is -0.384 e. The van der Waals surface area contributed by atoms with Crippen molar-refractivity contribution in [1.82, 2.24) is 24.5 Å². The number of hydrogen-bond acceptors (Lipinski definition) is 10. The highest BCUT2D eigenvalue weighted by Crippen LogP contribution is 2.27. The van der Waals surface area contributed by atoms with E-state index in [9.17, 15) is 10.1 Å². The Kier molecular flexibility index (Phi) is 6.10. The second-order valence-corrected chi connectivity index (χ2v) is 8.11. The first-order valence-corrected chi connectivity index (χ1v) is 10.7. The maximum atomic E-state index is 13.6. The lowest BCUT2D eigenvalue weighted by Crippen LogP contribution is -2.26. The number of nitrogens with zero attached hydrogens (tertiary/aromatic N) is 6. The lowest BCUT2D eigenvalue weighted by atomic mass is 10.2. The topological polar surface area (TPSA) is 187 Å². The number of benzene rings is 1. The fourth-order valence-corrected chi connectivity index (χ4v) is 3.94. The summed E-state index contributed by atoms with van der Waals surface area (Å²) in [6.45, 7) is 2.03. The van der Waals surface area contributed by atoms with E-state index in [2.05, 4.69) is 25.3 Å². The lowest BCUT2D eigenvalue weighted by Gasteiger charge is -2.17. The normalized spacial score (nSPS) is 10.9. The average molecular weight is 497 g/mol. The van der Waals surface area contributed by atoms with Gasteiger partial charge < -0.3 is 22.5 Å². The zero-order chi connectivity index (χ0) is 24.6. The maximum Gasteiger partial charge on any atom is 0.267 e. The fourth-order valence-electron chi connectivity index (χ4n) is 3.51. The van der Waals surface area contributed by atoms with Crippen molar-refractivity contribution in [2.45, 2.75) is 13.3 Å². The van der Waals surface area contributed by atoms with E-state index in [1.807, 2.05) is 6.07 Å². The molecular formula is C21H18Cl2N10O. The van der Waals surface area contributed by atoms with Crippen LogP contribution in [-0.2, 0) is 6.42 Å². The van der Waals surface area contributed by atoms with Crippen molar-refractivity contribution in [2.75, 3.05) is 29.1 Å². The summed E-state index contributed by atoms with van der Waals surface area (Å²) in [6, 6.07) is 6.72. The summed E-state index contributed by atoms with van der Waals surface area (Å²) in [5, 5.41) is 13.1. The molecule has 34 heavy (non-hydrogen) atoms. The van der Waals surface area contributed by atoms with Crippen LogP contribution in [0.15, 0.2) is 29.2 Å². The first-order valence-electron chi connectivity index (χ1n) is 9.90. The molecule has 1 aromatic carbocycles. The average Bonchev–Trinajstić information content (AvgIpc) is 2.77. The second kappa shape index (κ2) is 9.01. The number of anilines is 4. The molecule has 0 aliphatic rings. The molecule has 0 saturated heterocycles. The van der Waals surface area contributed by atoms with Gasteiger partial charge in [-0.15, -0.1) is 0 Å². The third kappa shape index (κ3) is 4.12. The number of fused-ring (bicyclic) bond motifs is 1. The molecule has 3 heterocycles. The Morgan fingerprint density at radius 2 is 1.88 bits per heavy atom. The van der Waals surface area contributed by atoms with Crippen LogP contribution in [0.1, 0.15) is 17.0 Å². The van der Waals surface area contributed by atoms with Gasteiger partial charge in [-0.25, -0.2) is 9.97 Å². The van der Waals surface area contributed by atoms with Crippen LogP contribution in [0.25, 0.3) is 16.6 Å². The van der Waals surface area contributed by atoms with E-state index >= 15 is 0 Å². The zero-order valence-corrected chi connectivity index (χ0v) is 19.3. The van der Waals surface area contributed by atoms with Crippen LogP contribution >= 0.6 is 23.2 Å². The molecule has 0 radical (unpaired) electrons. The van der Waals surface area contributed by atoms with Crippen molar-refractivity contribution < 1.29 is 0 Å². The Balaban J connectivity index is 1.83. The molecule has 11 nitrogen and oxygen atoms in total. The van der Waals surface area contributed by atoms with Crippen molar-refractivity contribution in [2.24, 2.45) is 0 Å². The Labute approximate surface area is 203 Å². The molecule has 0 aliphatic heterocycles. The maximum absolute atomic E-state index is 13.6. The molecule has 0 bridgehead atoms. The van der Waals surface area contributed by atoms with Gasteiger partial charge in [0.25, 0.3) is 5.56 Å². The van der Waals surface area contributed by atoms with Crippen molar-refractivity contribution in [1.29, 1.82) is 5.26 Å². The molecule has 4 rings (SSSR count). The van der Waals surface area contributed by atoms with Gasteiger partial charge in [0.2, 0.25) is 5.95 Å². The van der Waals surface area contributed by atoms with Gasteiger partial charge in [0.15, 0.2) is 5.82 Å². The summed E-state index contributed by atoms with van der Waals surface area (Å²) < 4.78 is 1.42. The lowest BCUT2D eigenvalue weighted by molar-refractivity contribution is 0.803. The summed E-state index contributed by atoms with van der Waals surface area (Å²) >= 11 is 12.7. The number of hydrogen-bond donors (Lipinski definition) is 4. The summed E-state index contributed by atoms with van der Waals surface area (Å²) in [5.41, 5.74) is 18.3. The number of rotatable bonds is 5. The molecule has 0 unspecified atom stereocenters. The minimum absolute atomic E-state index is 0.0387. The third-order valence-corrected chi connectivity index (χ3v) is 5.67. The van der Waals surface area contributed by atoms with Crippen LogP contribution in [0.4, 0.5) is 23.4 Å². The molecule has 0 spiro atoms. The molecule has 0 atom stereocenters. The molecule has 7 N–H and O–H groups in total. The number of aromatic nitrogens is 5. The second-order valence-electron chi connectivity index (χ2n) is 7.30. The zero-order valence-electron chi connectivity index (χ0n) is 17.8. The van der Waals surface area contributed by atoms with Crippen LogP contribution in [0.3, 0.4) is 0 Å². The standard InChI is InChI=1S/C21H18Cl2N10O/c1-9-6-14(25)29-8-13(9)33-15(30-17-12(23)3-2-11(22)16(17)20(33)34)4-5-28-19-10(7-24)18(26)31-21(27)32-19/h2-3,6,8H,4-5H2,1H3,(H2,25,29)(H5,26,27,28,31,32). The van der Waals surface area contributed by atoms with E-state index in [0.29, 0.717) is 22.9 Å². The van der Waals surface area contributed by atoms with E-state index in [0.717, 1.165) is 0 Å². The van der Waals surface area contributed by atoms with Crippen molar-refractivity contribution in [3.05, 3.63) is 61.7 Å². The van der Waals surface area contributed by atoms with Crippen LogP contribution < -0.4 is 28.1 Å². The number of nitrogen functional groups attached to an aromatic ring is 3. The summed E-state index contributed by atoms with van der Waals surface area (Å²) in [4.78, 5) is 30.2. The SMILES string of the molecule is Cc1cc(N)ncc1-n1c(CCNc2nc(N)nc(N)c2C#N)nc2c(Cl)ccc(Cl)c2c1=O. The first-order chi connectivity index (χ1) is 16.2. The van der Waals surface area contributed by atoms with Gasteiger partial charge in [-0.1, -0.05) is 23.2 Å². The van der Waals surface area contributed by atoms with Crippen LogP contribution in [-0.4, -0.2) is 31.0 Å². The van der Waals surface area contributed by atoms with Gasteiger partial charge in [0, 0.05) is 13.0 Å². The van der Waals surface area contributed by atoms with Gasteiger partial charge in [0.1, 0.15) is 29.1 Å². The fraction of sp³-hybridized carbons (Fsp3) is 0.143. The molecule has 0 fully saturated rings. The quantitative estimate of drug-likeness (QED) is 0.319. The molecular weight excluding hydrogens is 479 g/mol. The predicted molar refractivity (Wildman–Crippen MR) is 132 cm³/mol. The number of pyridine rings is 1. The van der Waals surface area contributed by atoms with Crippen LogP contribution in [0, 0.1) is 18.3 Å². The number of nitriles is 1. The highest BCUT2D eigenvalue weighted by atomic mass is 35.5. The molecule has 4 aromatic rings. The Hall–Kier alpha value is -4.14. The number of nitrogens with one attached hydrogen (secondary N) is 1. The Morgan fingerprint density at radius 3 is 2.59 bits per heavy atom. The summed E-state index contributed by atoms with van der Waals surface area (Å²) in [6.07, 6.45) is 1.72. The molecule has 0 saturated carbocycles. The first kappa shape index (κ1) is 23.0. The molecule has 0 aliphatic carbocycles. The predicted octanol–water partition coefficient (Wildman–Crippen LogP) is 2.46. The van der Waals surface area contributed by atoms with E-state index in [1.165, 1.54) is 10.8 Å². The third-order valence-electron chi connectivity index (χ3n) is 5.05. The number of halogens is 2. The van der Waals surface area contributed by atoms with Crippen molar-refractivity contribution in [3.8, 4) is 11.8 Å². The Morgan fingerprint density at radius 1 is 1.15 bits per heavy atom. The van der Waals surface area contributed by atoms with Crippen molar-refractivity contribution >= 4 is 57.5 Å². The van der Waals surface area contributed by atoms with E-state index < -0.39 is 5.56 Å². The largest absolute Gasteiger partial charge is 0.384 e. The van der Waals surface area contributed by atoms with Crippen molar-refractivity contribution in [3.63, 3.8) is 0 Å². The van der Waals surface area contributed by atoms with E-state index in [4.69, 9.17) is 40.4 Å². The highest BCUT2D eigenvalue weighted by Gasteiger charge is 2.19. The van der Waals surface area contributed by atoms with Gasteiger partial charge in [-0.05, 0) is 30.7 Å². The summed E-state index contributed by atoms with van der Waals surface area (Å²) in [5.74, 6) is 0.745. The van der Waals surface area contributed by atoms with E-state index in [1.54, 1.807) is 25.1 Å². The summed E-state index contributed by atoms with van der Waals surface area (Å²) in [7, 11) is 0.